The Morgan fingerprint density at radius 1 is 0.867 bits per heavy atom. The van der Waals surface area contributed by atoms with Gasteiger partial charge in [0.1, 0.15) is 5.60 Å². The summed E-state index contributed by atoms with van der Waals surface area (Å²) in [7, 11) is 0.965. The number of benzene rings is 3. The van der Waals surface area contributed by atoms with Gasteiger partial charge in [-0.15, -0.1) is 9.24 Å². The maximum Gasteiger partial charge on any atom is 0.185 e. The largest absolute Gasteiger partial charge is 0.403 e. The lowest BCUT2D eigenvalue weighted by molar-refractivity contribution is 0.0640. The van der Waals surface area contributed by atoms with Crippen molar-refractivity contribution in [1.29, 1.82) is 0 Å². The van der Waals surface area contributed by atoms with E-state index in [1.807, 2.05) is 0 Å². The van der Waals surface area contributed by atoms with Crippen LogP contribution in [0.15, 0.2) is 78.9 Å². The van der Waals surface area contributed by atoms with Crippen LogP contribution in [0.25, 0.3) is 11.1 Å². The molecule has 2 nitrogen and oxygen atoms in total. The van der Waals surface area contributed by atoms with Crippen molar-refractivity contribution in [2.75, 3.05) is 6.54 Å². The summed E-state index contributed by atoms with van der Waals surface area (Å²) in [5.41, 5.74) is 4.44. The van der Waals surface area contributed by atoms with E-state index in [9.17, 15) is 0 Å². The highest BCUT2D eigenvalue weighted by molar-refractivity contribution is 7.27. The van der Waals surface area contributed by atoms with Crippen LogP contribution in [0.2, 0.25) is 19.6 Å². The van der Waals surface area contributed by atoms with Crippen LogP contribution in [-0.2, 0) is 10.0 Å². The summed E-state index contributed by atoms with van der Waals surface area (Å²) < 4.78 is 7.19. The lowest BCUT2D eigenvalue weighted by atomic mass is 9.78. The summed E-state index contributed by atoms with van der Waals surface area (Å²) in [6.45, 7) is 7.92. The number of rotatable bonds is 6. The number of hydrogen-bond donors (Lipinski definition) is 1. The molecular formula is C26H32NOPSi. The second-order valence-electron chi connectivity index (χ2n) is 9.17. The molecule has 0 bridgehead atoms. The maximum absolute atomic E-state index is 7.19. The highest BCUT2D eigenvalue weighted by atomic mass is 31.0. The van der Waals surface area contributed by atoms with E-state index < -0.39 is 13.9 Å². The minimum absolute atomic E-state index is 0.252. The molecule has 1 aliphatic heterocycles. The molecule has 156 valence electrons. The van der Waals surface area contributed by atoms with Crippen LogP contribution in [0.3, 0.4) is 0 Å². The second kappa shape index (κ2) is 8.76. The highest BCUT2D eigenvalue weighted by Gasteiger charge is 2.47. The number of nitrogens with one attached hydrogen (secondary N) is 1. The van der Waals surface area contributed by atoms with E-state index in [-0.39, 0.29) is 6.04 Å². The topological polar surface area (TPSA) is 21.3 Å². The first-order valence-corrected chi connectivity index (χ1v) is 14.8. The molecule has 1 heterocycles. The number of hydrogen-bond acceptors (Lipinski definition) is 2. The monoisotopic (exact) mass is 433 g/mol. The van der Waals surface area contributed by atoms with Gasteiger partial charge in [-0.05, 0) is 78.7 Å². The summed E-state index contributed by atoms with van der Waals surface area (Å²) in [6, 6.07) is 28.6. The maximum atomic E-state index is 7.19. The third kappa shape index (κ3) is 4.45. The third-order valence-electron chi connectivity index (χ3n) is 5.73. The lowest BCUT2D eigenvalue weighted by Gasteiger charge is -2.45. The van der Waals surface area contributed by atoms with Crippen molar-refractivity contribution in [2.45, 2.75) is 44.1 Å². The molecule has 2 unspecified atom stereocenters. The minimum Gasteiger partial charge on any atom is -0.403 e. The van der Waals surface area contributed by atoms with E-state index in [1.54, 1.807) is 0 Å². The predicted octanol–water partition coefficient (Wildman–Crippen LogP) is 5.70. The van der Waals surface area contributed by atoms with E-state index in [0.29, 0.717) is 0 Å². The Kier molecular flexibility index (Phi) is 6.27. The van der Waals surface area contributed by atoms with E-state index in [1.165, 1.54) is 34.0 Å². The Labute approximate surface area is 184 Å². The zero-order valence-electron chi connectivity index (χ0n) is 18.2. The molecule has 0 aromatic heterocycles. The lowest BCUT2D eigenvalue weighted by Crippen LogP contribution is -2.53. The van der Waals surface area contributed by atoms with Gasteiger partial charge in [0, 0.05) is 6.04 Å². The first kappa shape index (κ1) is 21.5. The molecule has 0 saturated carbocycles. The van der Waals surface area contributed by atoms with Crippen molar-refractivity contribution >= 4 is 22.9 Å². The summed E-state index contributed by atoms with van der Waals surface area (Å²) in [4.78, 5) is 0. The van der Waals surface area contributed by atoms with Crippen molar-refractivity contribution in [3.05, 3.63) is 90.0 Å². The van der Waals surface area contributed by atoms with Crippen LogP contribution in [0.1, 0.15) is 24.0 Å². The average Bonchev–Trinajstić information content (AvgIpc) is 3.27. The van der Waals surface area contributed by atoms with Gasteiger partial charge >= 0.3 is 0 Å². The van der Waals surface area contributed by atoms with Crippen LogP contribution >= 0.6 is 9.24 Å². The van der Waals surface area contributed by atoms with Crippen molar-refractivity contribution in [1.82, 2.24) is 5.32 Å². The molecule has 0 radical (unpaired) electrons. The molecule has 1 fully saturated rings. The SMILES string of the molecule is C[Si](C)(C)O[C@@](c1cccc(P)c1)(c1cccc(-c2ccccc2)c1)C1CCCN1. The fourth-order valence-electron chi connectivity index (χ4n) is 4.60. The van der Waals surface area contributed by atoms with Gasteiger partial charge in [-0.2, -0.15) is 0 Å². The summed E-state index contributed by atoms with van der Waals surface area (Å²) in [5.74, 6) is 0. The Morgan fingerprint density at radius 2 is 1.53 bits per heavy atom. The zero-order chi connectivity index (χ0) is 21.2. The van der Waals surface area contributed by atoms with Gasteiger partial charge in [-0.1, -0.05) is 66.7 Å². The molecule has 4 rings (SSSR count). The second-order valence-corrected chi connectivity index (χ2v) is 14.3. The molecule has 1 aliphatic rings. The Morgan fingerprint density at radius 3 is 2.17 bits per heavy atom. The smallest absolute Gasteiger partial charge is 0.185 e. The molecule has 0 amide bonds. The van der Waals surface area contributed by atoms with E-state index >= 15 is 0 Å². The van der Waals surface area contributed by atoms with Crippen molar-refractivity contribution in [3.63, 3.8) is 0 Å². The molecule has 0 spiro atoms. The first-order chi connectivity index (χ1) is 14.4. The Hall–Kier alpha value is -1.77. The molecule has 0 aliphatic carbocycles. The fraction of sp³-hybridized carbons (Fsp3) is 0.308. The van der Waals surface area contributed by atoms with E-state index in [2.05, 4.69) is 113 Å². The third-order valence-corrected chi connectivity index (χ3v) is 7.03. The van der Waals surface area contributed by atoms with Gasteiger partial charge < -0.3 is 9.74 Å². The summed E-state index contributed by atoms with van der Waals surface area (Å²) >= 11 is 0. The molecule has 1 N–H and O–H groups in total. The van der Waals surface area contributed by atoms with Crippen molar-refractivity contribution in [2.24, 2.45) is 0 Å². The van der Waals surface area contributed by atoms with Crippen LogP contribution in [0.4, 0.5) is 0 Å². The fourth-order valence-corrected chi connectivity index (χ4v) is 6.24. The molecule has 4 heteroatoms. The molecule has 3 aromatic rings. The quantitative estimate of drug-likeness (QED) is 0.398. The highest BCUT2D eigenvalue weighted by Crippen LogP contribution is 2.43. The van der Waals surface area contributed by atoms with E-state index in [4.69, 9.17) is 4.43 Å². The van der Waals surface area contributed by atoms with Crippen LogP contribution in [0.5, 0.6) is 0 Å². The van der Waals surface area contributed by atoms with Crippen LogP contribution in [0, 0.1) is 0 Å². The van der Waals surface area contributed by atoms with Crippen LogP contribution in [-0.4, -0.2) is 20.9 Å². The normalized spacial score (nSPS) is 18.9. The van der Waals surface area contributed by atoms with Crippen molar-refractivity contribution in [3.8, 4) is 11.1 Å². The zero-order valence-corrected chi connectivity index (χ0v) is 20.3. The molecule has 3 aromatic carbocycles. The predicted molar refractivity (Wildman–Crippen MR) is 134 cm³/mol. The summed E-state index contributed by atoms with van der Waals surface area (Å²) in [6.07, 6.45) is 2.29. The molecule has 3 atom stereocenters. The molecular weight excluding hydrogens is 401 g/mol. The standard InChI is InChI=1S/C26H32NOPSi/c1-30(2,3)28-26(25-16-9-17-27-25,23-14-8-15-24(29)19-23)22-13-7-12-21(18-22)20-10-5-4-6-11-20/h4-8,10-15,18-19,25,27H,9,16-17,29H2,1-3H3/t25?,26-/m1/s1. The summed E-state index contributed by atoms with van der Waals surface area (Å²) in [5, 5.41) is 4.97. The van der Waals surface area contributed by atoms with Gasteiger partial charge in [0.05, 0.1) is 0 Å². The van der Waals surface area contributed by atoms with Crippen molar-refractivity contribution < 1.29 is 4.43 Å². The average molecular weight is 434 g/mol. The Bertz CT molecular complexity index is 995. The first-order valence-electron chi connectivity index (χ1n) is 10.8. The van der Waals surface area contributed by atoms with Gasteiger partial charge in [-0.3, -0.25) is 0 Å². The van der Waals surface area contributed by atoms with Gasteiger partial charge in [0.25, 0.3) is 0 Å². The minimum atomic E-state index is -1.89. The van der Waals surface area contributed by atoms with Gasteiger partial charge in [0.15, 0.2) is 8.32 Å². The molecule has 1 saturated heterocycles. The van der Waals surface area contributed by atoms with E-state index in [0.717, 1.165) is 13.0 Å². The van der Waals surface area contributed by atoms with Gasteiger partial charge in [0.2, 0.25) is 0 Å². The van der Waals surface area contributed by atoms with Crippen LogP contribution < -0.4 is 10.6 Å². The molecule has 30 heavy (non-hydrogen) atoms. The Balaban J connectivity index is 1.95. The van der Waals surface area contributed by atoms with Gasteiger partial charge in [-0.25, -0.2) is 0 Å².